The first kappa shape index (κ1) is 17.3. The number of nitrogens with zero attached hydrogens (tertiary/aromatic N) is 2. The first-order valence-electron chi connectivity index (χ1n) is 8.59. The molecule has 3 aliphatic rings. The molecule has 4 amide bonds. The van der Waals surface area contributed by atoms with E-state index in [0.717, 1.165) is 4.90 Å². The van der Waals surface area contributed by atoms with E-state index in [-0.39, 0.29) is 36.9 Å². The van der Waals surface area contributed by atoms with Crippen molar-refractivity contribution >= 4 is 35.6 Å². The number of alkyl halides is 1. The molecule has 9 heteroatoms. The molecular formula is C18H16FN3O5. The molecule has 2 unspecified atom stereocenters. The Morgan fingerprint density at radius 1 is 1.15 bits per heavy atom. The van der Waals surface area contributed by atoms with Gasteiger partial charge >= 0.3 is 0 Å². The van der Waals surface area contributed by atoms with E-state index in [1.807, 2.05) is 0 Å². The topological polar surface area (TPSA) is 104 Å². The Morgan fingerprint density at radius 3 is 2.56 bits per heavy atom. The number of fused-ring (bicyclic) bond motifs is 1. The maximum Gasteiger partial charge on any atom is 0.262 e. The van der Waals surface area contributed by atoms with E-state index in [0.29, 0.717) is 18.5 Å². The second-order valence-corrected chi connectivity index (χ2v) is 7.00. The van der Waals surface area contributed by atoms with Crippen LogP contribution < -0.4 is 10.2 Å². The molecule has 0 aromatic heterocycles. The highest BCUT2D eigenvalue weighted by molar-refractivity contribution is 6.23. The fourth-order valence-electron chi connectivity index (χ4n) is 3.77. The fourth-order valence-corrected chi connectivity index (χ4v) is 3.77. The van der Waals surface area contributed by atoms with E-state index in [1.54, 1.807) is 11.0 Å². The van der Waals surface area contributed by atoms with Crippen LogP contribution in [0.25, 0.3) is 0 Å². The highest BCUT2D eigenvalue weighted by Crippen LogP contribution is 2.33. The Labute approximate surface area is 153 Å². The van der Waals surface area contributed by atoms with Crippen LogP contribution in [-0.4, -0.2) is 59.6 Å². The molecular weight excluding hydrogens is 357 g/mol. The molecule has 0 bridgehead atoms. The SMILES string of the molecule is O=CC1(F)CCN(c2ccc3c(c2)C(=O)N(C2CCC(=O)NC2=O)C3=O)C1. The lowest BCUT2D eigenvalue weighted by Gasteiger charge is -2.27. The number of benzene rings is 1. The Hall–Kier alpha value is -3.10. The zero-order valence-corrected chi connectivity index (χ0v) is 14.2. The molecule has 0 spiro atoms. The molecule has 2 saturated heterocycles. The molecule has 0 saturated carbocycles. The minimum absolute atomic E-state index is 0.0487. The van der Waals surface area contributed by atoms with Crippen LogP contribution in [0, 0.1) is 0 Å². The van der Waals surface area contributed by atoms with Gasteiger partial charge in [-0.25, -0.2) is 4.39 Å². The summed E-state index contributed by atoms with van der Waals surface area (Å²) in [6.45, 7) is 0.196. The molecule has 140 valence electrons. The fraction of sp³-hybridized carbons (Fsp3) is 0.389. The third-order valence-corrected chi connectivity index (χ3v) is 5.25. The summed E-state index contributed by atoms with van der Waals surface area (Å²) in [6.07, 6.45) is 0.481. The van der Waals surface area contributed by atoms with E-state index in [4.69, 9.17) is 0 Å². The van der Waals surface area contributed by atoms with Crippen LogP contribution in [0.15, 0.2) is 18.2 Å². The molecule has 1 aromatic rings. The van der Waals surface area contributed by atoms with Gasteiger partial charge in [-0.15, -0.1) is 0 Å². The summed E-state index contributed by atoms with van der Waals surface area (Å²) in [5, 5.41) is 2.14. The second-order valence-electron chi connectivity index (χ2n) is 7.00. The highest BCUT2D eigenvalue weighted by atomic mass is 19.1. The number of carbonyl (C=O) groups is 5. The van der Waals surface area contributed by atoms with Crippen LogP contribution in [0.3, 0.4) is 0 Å². The zero-order chi connectivity index (χ0) is 19.3. The van der Waals surface area contributed by atoms with E-state index in [2.05, 4.69) is 5.32 Å². The average Bonchev–Trinajstić information content (AvgIpc) is 3.15. The third kappa shape index (κ3) is 2.70. The summed E-state index contributed by atoms with van der Waals surface area (Å²) >= 11 is 0. The molecule has 1 N–H and O–H groups in total. The molecule has 2 fully saturated rings. The number of carbonyl (C=O) groups excluding carboxylic acids is 5. The van der Waals surface area contributed by atoms with Crippen LogP contribution in [0.1, 0.15) is 40.0 Å². The number of imide groups is 2. The second kappa shape index (κ2) is 5.97. The summed E-state index contributed by atoms with van der Waals surface area (Å²) < 4.78 is 14.2. The van der Waals surface area contributed by atoms with Crippen molar-refractivity contribution < 1.29 is 28.4 Å². The molecule has 0 radical (unpaired) electrons. The van der Waals surface area contributed by atoms with Crippen molar-refractivity contribution in [2.45, 2.75) is 31.0 Å². The van der Waals surface area contributed by atoms with Crippen LogP contribution in [0.5, 0.6) is 0 Å². The highest BCUT2D eigenvalue weighted by Gasteiger charge is 2.45. The number of rotatable bonds is 3. The van der Waals surface area contributed by atoms with Crippen molar-refractivity contribution in [3.8, 4) is 0 Å². The lowest BCUT2D eigenvalue weighted by Crippen LogP contribution is -2.54. The molecule has 0 aliphatic carbocycles. The van der Waals surface area contributed by atoms with Gasteiger partial charge in [0.05, 0.1) is 17.7 Å². The number of halogens is 1. The number of anilines is 1. The van der Waals surface area contributed by atoms with Gasteiger partial charge in [-0.1, -0.05) is 0 Å². The summed E-state index contributed by atoms with van der Waals surface area (Å²) in [6, 6.07) is 3.52. The minimum Gasteiger partial charge on any atom is -0.368 e. The number of piperidine rings is 1. The van der Waals surface area contributed by atoms with E-state index in [9.17, 15) is 28.4 Å². The van der Waals surface area contributed by atoms with Crippen LogP contribution in [-0.2, 0) is 14.4 Å². The van der Waals surface area contributed by atoms with Gasteiger partial charge in [0.1, 0.15) is 6.04 Å². The third-order valence-electron chi connectivity index (χ3n) is 5.25. The first-order valence-corrected chi connectivity index (χ1v) is 8.59. The summed E-state index contributed by atoms with van der Waals surface area (Å²) in [5.41, 5.74) is -1.10. The van der Waals surface area contributed by atoms with Crippen LogP contribution in [0.2, 0.25) is 0 Å². The Morgan fingerprint density at radius 2 is 1.89 bits per heavy atom. The average molecular weight is 373 g/mol. The normalized spacial score (nSPS) is 27.8. The van der Waals surface area contributed by atoms with Gasteiger partial charge in [0.2, 0.25) is 11.8 Å². The van der Waals surface area contributed by atoms with Crippen LogP contribution >= 0.6 is 0 Å². The molecule has 4 rings (SSSR count). The van der Waals surface area contributed by atoms with E-state index < -0.39 is 35.3 Å². The molecule has 8 nitrogen and oxygen atoms in total. The maximum absolute atomic E-state index is 14.2. The maximum atomic E-state index is 14.2. The summed E-state index contributed by atoms with van der Waals surface area (Å²) in [7, 11) is 0. The predicted molar refractivity (Wildman–Crippen MR) is 89.8 cm³/mol. The first-order chi connectivity index (χ1) is 12.8. The van der Waals surface area contributed by atoms with Crippen molar-refractivity contribution in [1.82, 2.24) is 10.2 Å². The molecule has 27 heavy (non-hydrogen) atoms. The number of amides is 4. The largest absolute Gasteiger partial charge is 0.368 e. The molecule has 1 aromatic carbocycles. The summed E-state index contributed by atoms with van der Waals surface area (Å²) in [5.74, 6) is -2.32. The van der Waals surface area contributed by atoms with Gasteiger partial charge in [0.15, 0.2) is 12.0 Å². The van der Waals surface area contributed by atoms with Gasteiger partial charge in [-0.3, -0.25) is 34.2 Å². The van der Waals surface area contributed by atoms with Gasteiger partial charge < -0.3 is 4.90 Å². The number of aldehydes is 1. The van der Waals surface area contributed by atoms with Crippen molar-refractivity contribution in [3.05, 3.63) is 29.3 Å². The monoisotopic (exact) mass is 373 g/mol. The van der Waals surface area contributed by atoms with Crippen molar-refractivity contribution in [3.63, 3.8) is 0 Å². The lowest BCUT2D eigenvalue weighted by molar-refractivity contribution is -0.136. The Balaban J connectivity index is 1.62. The number of hydrogen-bond acceptors (Lipinski definition) is 6. The smallest absolute Gasteiger partial charge is 0.262 e. The van der Waals surface area contributed by atoms with Gasteiger partial charge in [0, 0.05) is 25.1 Å². The van der Waals surface area contributed by atoms with Gasteiger partial charge in [-0.05, 0) is 24.6 Å². The minimum atomic E-state index is -1.92. The van der Waals surface area contributed by atoms with Crippen molar-refractivity contribution in [2.75, 3.05) is 18.0 Å². The standard InChI is InChI=1S/C18H16FN3O5/c19-18(9-23)5-6-21(8-18)10-1-2-11-12(7-10)17(27)22(16(11)26)13-3-4-14(24)20-15(13)25/h1-2,7,9,13H,3-6,8H2,(H,20,24,25). The number of nitrogens with one attached hydrogen (secondary N) is 1. The number of hydrogen-bond donors (Lipinski definition) is 1. The lowest BCUT2D eigenvalue weighted by atomic mass is 10.0. The quantitative estimate of drug-likeness (QED) is 0.600. The van der Waals surface area contributed by atoms with E-state index >= 15 is 0 Å². The predicted octanol–water partition coefficient (Wildman–Crippen LogP) is 0.205. The van der Waals surface area contributed by atoms with Crippen molar-refractivity contribution in [1.29, 1.82) is 0 Å². The summed E-state index contributed by atoms with van der Waals surface area (Å²) in [4.78, 5) is 62.2. The Kier molecular flexibility index (Phi) is 3.83. The molecule has 2 atom stereocenters. The molecule has 3 aliphatic heterocycles. The van der Waals surface area contributed by atoms with Gasteiger partial charge in [-0.2, -0.15) is 0 Å². The van der Waals surface area contributed by atoms with Crippen molar-refractivity contribution in [2.24, 2.45) is 0 Å². The van der Waals surface area contributed by atoms with Gasteiger partial charge in [0.25, 0.3) is 11.8 Å². The molecule has 3 heterocycles. The van der Waals surface area contributed by atoms with Crippen LogP contribution in [0.4, 0.5) is 10.1 Å². The zero-order valence-electron chi connectivity index (χ0n) is 14.2. The Bertz CT molecular complexity index is 901. The van der Waals surface area contributed by atoms with E-state index in [1.165, 1.54) is 12.1 Å².